The van der Waals surface area contributed by atoms with E-state index >= 15 is 0 Å². The molecule has 0 aliphatic heterocycles. The van der Waals surface area contributed by atoms with Gasteiger partial charge in [0.05, 0.1) is 7.11 Å². The Labute approximate surface area is 118 Å². The number of nitrogens with one attached hydrogen (secondary N) is 1. The van der Waals surface area contributed by atoms with E-state index in [9.17, 15) is 4.39 Å². The van der Waals surface area contributed by atoms with E-state index in [0.29, 0.717) is 18.0 Å². The number of pyridine rings is 1. The molecule has 0 aliphatic rings. The quantitative estimate of drug-likeness (QED) is 0.820. The van der Waals surface area contributed by atoms with E-state index in [1.807, 2.05) is 18.2 Å². The molecule has 1 N–H and O–H groups in total. The van der Waals surface area contributed by atoms with E-state index in [2.05, 4.69) is 17.2 Å². The maximum Gasteiger partial charge on any atom is 0.213 e. The van der Waals surface area contributed by atoms with Crippen molar-refractivity contribution in [2.75, 3.05) is 13.7 Å². The van der Waals surface area contributed by atoms with E-state index in [1.165, 1.54) is 6.07 Å². The van der Waals surface area contributed by atoms with Crippen molar-refractivity contribution in [2.45, 2.75) is 19.9 Å². The second-order valence-electron chi connectivity index (χ2n) is 4.57. The van der Waals surface area contributed by atoms with Gasteiger partial charge in [-0.2, -0.15) is 0 Å². The van der Waals surface area contributed by atoms with Crippen molar-refractivity contribution in [1.82, 2.24) is 10.3 Å². The number of halogens is 1. The van der Waals surface area contributed by atoms with Gasteiger partial charge in [0.15, 0.2) is 0 Å². The van der Waals surface area contributed by atoms with Crippen molar-refractivity contribution in [1.29, 1.82) is 0 Å². The minimum absolute atomic E-state index is 0.182. The standard InChI is InChI=1S/C16H19FN2O/c1-3-7-18-11-14-9-12(4-5-15(14)17)13-6-8-19-16(10-13)20-2/h4-6,8-10,18H,3,7,11H2,1-2H3. The highest BCUT2D eigenvalue weighted by molar-refractivity contribution is 5.64. The van der Waals surface area contributed by atoms with Crippen LogP contribution < -0.4 is 10.1 Å². The van der Waals surface area contributed by atoms with Gasteiger partial charge in [-0.05, 0) is 42.3 Å². The smallest absolute Gasteiger partial charge is 0.213 e. The lowest BCUT2D eigenvalue weighted by Crippen LogP contribution is -2.14. The molecule has 0 amide bonds. The van der Waals surface area contributed by atoms with Crippen LogP contribution in [0.3, 0.4) is 0 Å². The Bertz CT molecular complexity index is 572. The first-order valence-electron chi connectivity index (χ1n) is 6.74. The summed E-state index contributed by atoms with van der Waals surface area (Å²) in [7, 11) is 1.58. The zero-order valence-electron chi connectivity index (χ0n) is 11.8. The summed E-state index contributed by atoms with van der Waals surface area (Å²) in [6.45, 7) is 3.51. The van der Waals surface area contributed by atoms with Crippen LogP contribution in [0.25, 0.3) is 11.1 Å². The second kappa shape index (κ2) is 7.01. The second-order valence-corrected chi connectivity index (χ2v) is 4.57. The fraction of sp³-hybridized carbons (Fsp3) is 0.312. The summed E-state index contributed by atoms with van der Waals surface area (Å²) >= 11 is 0. The molecular weight excluding hydrogens is 255 g/mol. The summed E-state index contributed by atoms with van der Waals surface area (Å²) < 4.78 is 18.9. The van der Waals surface area contributed by atoms with Crippen LogP contribution in [0.4, 0.5) is 4.39 Å². The molecule has 2 rings (SSSR count). The Morgan fingerprint density at radius 1 is 1.20 bits per heavy atom. The Hall–Kier alpha value is -1.94. The summed E-state index contributed by atoms with van der Waals surface area (Å²) in [6, 6.07) is 8.88. The summed E-state index contributed by atoms with van der Waals surface area (Å²) in [5.74, 6) is 0.371. The Morgan fingerprint density at radius 2 is 2.00 bits per heavy atom. The van der Waals surface area contributed by atoms with Crippen LogP contribution in [0.15, 0.2) is 36.5 Å². The first-order valence-corrected chi connectivity index (χ1v) is 6.74. The number of hydrogen-bond donors (Lipinski definition) is 1. The Balaban J connectivity index is 2.25. The number of aromatic nitrogens is 1. The monoisotopic (exact) mass is 274 g/mol. The molecule has 2 aromatic rings. The third-order valence-electron chi connectivity index (χ3n) is 3.07. The molecule has 0 spiro atoms. The fourth-order valence-corrected chi connectivity index (χ4v) is 1.99. The van der Waals surface area contributed by atoms with Crippen molar-refractivity contribution in [3.8, 4) is 17.0 Å². The van der Waals surface area contributed by atoms with E-state index in [-0.39, 0.29) is 5.82 Å². The molecule has 1 aromatic carbocycles. The fourth-order valence-electron chi connectivity index (χ4n) is 1.99. The van der Waals surface area contributed by atoms with Crippen LogP contribution in [0, 0.1) is 5.82 Å². The predicted molar refractivity (Wildman–Crippen MR) is 78.2 cm³/mol. The van der Waals surface area contributed by atoms with Gasteiger partial charge in [-0.25, -0.2) is 9.37 Å². The SMILES string of the molecule is CCCNCc1cc(-c2ccnc(OC)c2)ccc1F. The lowest BCUT2D eigenvalue weighted by molar-refractivity contribution is 0.398. The molecule has 1 heterocycles. The average Bonchev–Trinajstić information content (AvgIpc) is 2.49. The number of nitrogens with zero attached hydrogens (tertiary/aromatic N) is 1. The lowest BCUT2D eigenvalue weighted by Gasteiger charge is -2.09. The van der Waals surface area contributed by atoms with Crippen LogP contribution in [0.1, 0.15) is 18.9 Å². The molecule has 20 heavy (non-hydrogen) atoms. The number of hydrogen-bond acceptors (Lipinski definition) is 3. The molecule has 0 radical (unpaired) electrons. The molecule has 0 aliphatic carbocycles. The third-order valence-corrected chi connectivity index (χ3v) is 3.07. The van der Waals surface area contributed by atoms with Gasteiger partial charge in [0.1, 0.15) is 5.82 Å². The first kappa shape index (κ1) is 14.5. The molecule has 0 bridgehead atoms. The molecular formula is C16H19FN2O. The highest BCUT2D eigenvalue weighted by atomic mass is 19.1. The zero-order valence-corrected chi connectivity index (χ0v) is 11.8. The van der Waals surface area contributed by atoms with Crippen LogP contribution in [0.5, 0.6) is 5.88 Å². The van der Waals surface area contributed by atoms with Gasteiger partial charge in [0, 0.05) is 24.4 Å². The molecule has 4 heteroatoms. The Kier molecular flexibility index (Phi) is 5.07. The molecule has 0 saturated carbocycles. The van der Waals surface area contributed by atoms with Crippen LogP contribution >= 0.6 is 0 Å². The highest BCUT2D eigenvalue weighted by Gasteiger charge is 2.06. The van der Waals surface area contributed by atoms with Crippen molar-refractivity contribution >= 4 is 0 Å². The van der Waals surface area contributed by atoms with Gasteiger partial charge >= 0.3 is 0 Å². The molecule has 0 unspecified atom stereocenters. The van der Waals surface area contributed by atoms with Crippen LogP contribution in [-0.4, -0.2) is 18.6 Å². The van der Waals surface area contributed by atoms with Gasteiger partial charge in [0.2, 0.25) is 5.88 Å². The Morgan fingerprint density at radius 3 is 2.75 bits per heavy atom. The summed E-state index contributed by atoms with van der Waals surface area (Å²) in [5, 5.41) is 3.22. The largest absolute Gasteiger partial charge is 0.481 e. The minimum atomic E-state index is -0.182. The van der Waals surface area contributed by atoms with E-state index < -0.39 is 0 Å². The summed E-state index contributed by atoms with van der Waals surface area (Å²) in [4.78, 5) is 4.08. The predicted octanol–water partition coefficient (Wildman–Crippen LogP) is 3.40. The van der Waals surface area contributed by atoms with Crippen molar-refractivity contribution in [3.63, 3.8) is 0 Å². The lowest BCUT2D eigenvalue weighted by atomic mass is 10.0. The number of rotatable bonds is 6. The molecule has 0 saturated heterocycles. The maximum atomic E-state index is 13.8. The van der Waals surface area contributed by atoms with E-state index in [1.54, 1.807) is 19.4 Å². The van der Waals surface area contributed by atoms with Crippen molar-refractivity contribution in [3.05, 3.63) is 47.9 Å². The van der Waals surface area contributed by atoms with E-state index in [0.717, 1.165) is 24.1 Å². The summed E-state index contributed by atoms with van der Waals surface area (Å²) in [6.07, 6.45) is 2.72. The number of ether oxygens (including phenoxy) is 1. The molecule has 1 aromatic heterocycles. The van der Waals surface area contributed by atoms with Crippen LogP contribution in [0.2, 0.25) is 0 Å². The molecule has 3 nitrogen and oxygen atoms in total. The maximum absolute atomic E-state index is 13.8. The summed E-state index contributed by atoms with van der Waals surface area (Å²) in [5.41, 5.74) is 2.60. The van der Waals surface area contributed by atoms with Gasteiger partial charge in [0.25, 0.3) is 0 Å². The van der Waals surface area contributed by atoms with Crippen molar-refractivity contribution in [2.24, 2.45) is 0 Å². The molecule has 0 fully saturated rings. The molecule has 0 atom stereocenters. The molecule has 106 valence electrons. The third kappa shape index (κ3) is 3.54. The normalized spacial score (nSPS) is 10.6. The highest BCUT2D eigenvalue weighted by Crippen LogP contribution is 2.24. The van der Waals surface area contributed by atoms with E-state index in [4.69, 9.17) is 4.74 Å². The number of benzene rings is 1. The minimum Gasteiger partial charge on any atom is -0.481 e. The van der Waals surface area contributed by atoms with Gasteiger partial charge in [-0.15, -0.1) is 0 Å². The number of methoxy groups -OCH3 is 1. The topological polar surface area (TPSA) is 34.2 Å². The zero-order chi connectivity index (χ0) is 14.4. The first-order chi connectivity index (χ1) is 9.74. The van der Waals surface area contributed by atoms with Crippen molar-refractivity contribution < 1.29 is 9.13 Å². The van der Waals surface area contributed by atoms with Gasteiger partial charge in [-0.1, -0.05) is 13.0 Å². The van der Waals surface area contributed by atoms with Gasteiger partial charge < -0.3 is 10.1 Å². The average molecular weight is 274 g/mol. The van der Waals surface area contributed by atoms with Gasteiger partial charge in [-0.3, -0.25) is 0 Å². The van der Waals surface area contributed by atoms with Crippen LogP contribution in [-0.2, 0) is 6.54 Å².